The van der Waals surface area contributed by atoms with Gasteiger partial charge in [0.05, 0.1) is 5.69 Å². The largest absolute Gasteiger partial charge is 0.480 e. The molecule has 0 fully saturated rings. The minimum absolute atomic E-state index is 0.245. The quantitative estimate of drug-likeness (QED) is 0.896. The van der Waals surface area contributed by atoms with Crippen LogP contribution in [0.25, 0.3) is 11.3 Å². The van der Waals surface area contributed by atoms with Crippen LogP contribution in [-0.2, 0) is 4.79 Å². The first kappa shape index (κ1) is 12.4. The molecule has 2 aromatic rings. The fraction of sp³-hybridized carbons (Fsp3) is 0.0909. The van der Waals surface area contributed by atoms with Crippen molar-refractivity contribution in [2.75, 3.05) is 11.9 Å². The Morgan fingerprint density at radius 3 is 2.83 bits per heavy atom. The predicted molar refractivity (Wildman–Crippen MR) is 63.6 cm³/mol. The van der Waals surface area contributed by atoms with Crippen molar-refractivity contribution in [1.82, 2.24) is 4.98 Å². The first-order valence-electron chi connectivity index (χ1n) is 4.93. The standard InChI is InChI=1S/C11H8F2N2O2S/c12-7-2-1-6(3-8(7)13)9-5-18-11(15-9)14-4-10(16)17/h1-3,5H,4H2,(H,14,15)(H,16,17). The van der Waals surface area contributed by atoms with Gasteiger partial charge >= 0.3 is 5.97 Å². The number of hydrogen-bond acceptors (Lipinski definition) is 4. The normalized spacial score (nSPS) is 10.3. The zero-order chi connectivity index (χ0) is 13.1. The summed E-state index contributed by atoms with van der Waals surface area (Å²) in [7, 11) is 0. The van der Waals surface area contributed by atoms with Crippen molar-refractivity contribution in [3.05, 3.63) is 35.2 Å². The van der Waals surface area contributed by atoms with Crippen molar-refractivity contribution < 1.29 is 18.7 Å². The minimum atomic E-state index is -1.00. The van der Waals surface area contributed by atoms with Crippen molar-refractivity contribution in [1.29, 1.82) is 0 Å². The van der Waals surface area contributed by atoms with Crippen LogP contribution in [-0.4, -0.2) is 22.6 Å². The molecule has 0 saturated carbocycles. The van der Waals surface area contributed by atoms with Crippen LogP contribution in [0.15, 0.2) is 23.6 Å². The Labute approximate surface area is 105 Å². The molecular weight excluding hydrogens is 262 g/mol. The van der Waals surface area contributed by atoms with Crippen LogP contribution in [0.4, 0.5) is 13.9 Å². The number of hydrogen-bond donors (Lipinski definition) is 2. The Morgan fingerprint density at radius 2 is 2.17 bits per heavy atom. The number of anilines is 1. The monoisotopic (exact) mass is 270 g/mol. The van der Waals surface area contributed by atoms with Gasteiger partial charge in [0.2, 0.25) is 0 Å². The molecular formula is C11H8F2N2O2S. The maximum Gasteiger partial charge on any atom is 0.322 e. The second kappa shape index (κ2) is 5.09. The number of nitrogens with one attached hydrogen (secondary N) is 1. The van der Waals surface area contributed by atoms with Crippen LogP contribution in [0.5, 0.6) is 0 Å². The maximum atomic E-state index is 13.0. The highest BCUT2D eigenvalue weighted by Crippen LogP contribution is 2.25. The van der Waals surface area contributed by atoms with Gasteiger partial charge in [0.1, 0.15) is 6.54 Å². The molecule has 1 heterocycles. The molecule has 0 radical (unpaired) electrons. The van der Waals surface area contributed by atoms with E-state index in [1.165, 1.54) is 17.4 Å². The fourth-order valence-corrected chi connectivity index (χ4v) is 2.01. The van der Waals surface area contributed by atoms with Gasteiger partial charge < -0.3 is 10.4 Å². The summed E-state index contributed by atoms with van der Waals surface area (Å²) in [6, 6.07) is 3.48. The topological polar surface area (TPSA) is 62.2 Å². The number of halogens is 2. The molecule has 0 spiro atoms. The maximum absolute atomic E-state index is 13.0. The number of aromatic nitrogens is 1. The average Bonchev–Trinajstić information content (AvgIpc) is 2.79. The van der Waals surface area contributed by atoms with Crippen molar-refractivity contribution in [3.8, 4) is 11.3 Å². The zero-order valence-electron chi connectivity index (χ0n) is 8.98. The SMILES string of the molecule is O=C(O)CNc1nc(-c2ccc(F)c(F)c2)cs1. The second-order valence-electron chi connectivity index (χ2n) is 3.41. The number of carboxylic acid groups (broad SMARTS) is 1. The number of benzene rings is 1. The highest BCUT2D eigenvalue weighted by atomic mass is 32.1. The number of carboxylic acids is 1. The van der Waals surface area contributed by atoms with E-state index in [-0.39, 0.29) is 6.54 Å². The third kappa shape index (κ3) is 2.80. The molecule has 0 bridgehead atoms. The minimum Gasteiger partial charge on any atom is -0.480 e. The summed E-state index contributed by atoms with van der Waals surface area (Å²) in [4.78, 5) is 14.4. The lowest BCUT2D eigenvalue weighted by molar-refractivity contribution is -0.134. The summed E-state index contributed by atoms with van der Waals surface area (Å²) in [6.07, 6.45) is 0. The van der Waals surface area contributed by atoms with Crippen molar-refractivity contribution >= 4 is 22.4 Å². The van der Waals surface area contributed by atoms with Gasteiger partial charge in [-0.15, -0.1) is 11.3 Å². The number of thiazole rings is 1. The van der Waals surface area contributed by atoms with E-state index in [9.17, 15) is 13.6 Å². The van der Waals surface area contributed by atoms with E-state index in [1.807, 2.05) is 0 Å². The van der Waals surface area contributed by atoms with E-state index in [0.717, 1.165) is 12.1 Å². The van der Waals surface area contributed by atoms with Gasteiger partial charge in [0.25, 0.3) is 0 Å². The Hall–Kier alpha value is -2.02. The van der Waals surface area contributed by atoms with E-state index in [0.29, 0.717) is 16.4 Å². The van der Waals surface area contributed by atoms with Gasteiger partial charge in [-0.25, -0.2) is 13.8 Å². The first-order chi connectivity index (χ1) is 8.56. The first-order valence-corrected chi connectivity index (χ1v) is 5.81. The van der Waals surface area contributed by atoms with Gasteiger partial charge in [0.15, 0.2) is 16.8 Å². The number of carbonyl (C=O) groups is 1. The lowest BCUT2D eigenvalue weighted by Gasteiger charge is -1.98. The molecule has 0 atom stereocenters. The Bertz CT molecular complexity index is 586. The van der Waals surface area contributed by atoms with Gasteiger partial charge in [-0.2, -0.15) is 0 Å². The number of nitrogens with zero attached hydrogens (tertiary/aromatic N) is 1. The molecule has 0 aliphatic carbocycles. The molecule has 0 amide bonds. The van der Waals surface area contributed by atoms with E-state index in [4.69, 9.17) is 5.11 Å². The average molecular weight is 270 g/mol. The van der Waals surface area contributed by atoms with Crippen molar-refractivity contribution in [2.24, 2.45) is 0 Å². The molecule has 2 rings (SSSR count). The molecule has 94 valence electrons. The zero-order valence-corrected chi connectivity index (χ0v) is 9.80. The highest BCUT2D eigenvalue weighted by Gasteiger charge is 2.08. The molecule has 4 nitrogen and oxygen atoms in total. The van der Waals surface area contributed by atoms with Crippen LogP contribution in [0.3, 0.4) is 0 Å². The second-order valence-corrected chi connectivity index (χ2v) is 4.27. The number of aliphatic carboxylic acids is 1. The smallest absolute Gasteiger partial charge is 0.322 e. The van der Waals surface area contributed by atoms with Crippen LogP contribution in [0.2, 0.25) is 0 Å². The summed E-state index contributed by atoms with van der Waals surface area (Å²) in [5, 5.41) is 13.1. The van der Waals surface area contributed by atoms with E-state index in [1.54, 1.807) is 5.38 Å². The van der Waals surface area contributed by atoms with Gasteiger partial charge in [0, 0.05) is 10.9 Å². The molecule has 1 aromatic carbocycles. The van der Waals surface area contributed by atoms with Crippen molar-refractivity contribution in [2.45, 2.75) is 0 Å². The van der Waals surface area contributed by atoms with Gasteiger partial charge in [-0.3, -0.25) is 4.79 Å². The summed E-state index contributed by atoms with van der Waals surface area (Å²) in [5.74, 6) is -2.86. The van der Waals surface area contributed by atoms with E-state index < -0.39 is 17.6 Å². The lowest BCUT2D eigenvalue weighted by Crippen LogP contribution is -2.11. The summed E-state index contributed by atoms with van der Waals surface area (Å²) < 4.78 is 25.8. The highest BCUT2D eigenvalue weighted by molar-refractivity contribution is 7.14. The number of rotatable bonds is 4. The summed E-state index contributed by atoms with van der Waals surface area (Å²) in [5.41, 5.74) is 0.903. The van der Waals surface area contributed by atoms with Crippen LogP contribution in [0.1, 0.15) is 0 Å². The van der Waals surface area contributed by atoms with E-state index in [2.05, 4.69) is 10.3 Å². The Balaban J connectivity index is 2.18. The third-order valence-electron chi connectivity index (χ3n) is 2.11. The molecule has 1 aromatic heterocycles. The molecule has 7 heteroatoms. The lowest BCUT2D eigenvalue weighted by atomic mass is 10.2. The Kier molecular flexibility index (Phi) is 3.52. The Morgan fingerprint density at radius 1 is 1.39 bits per heavy atom. The summed E-state index contributed by atoms with van der Waals surface area (Å²) in [6.45, 7) is -0.245. The molecule has 0 aliphatic heterocycles. The van der Waals surface area contributed by atoms with Crippen molar-refractivity contribution in [3.63, 3.8) is 0 Å². The van der Waals surface area contributed by atoms with Gasteiger partial charge in [-0.1, -0.05) is 0 Å². The third-order valence-corrected chi connectivity index (χ3v) is 2.91. The van der Waals surface area contributed by atoms with Gasteiger partial charge in [-0.05, 0) is 18.2 Å². The molecule has 0 saturated heterocycles. The van der Waals surface area contributed by atoms with Crippen LogP contribution < -0.4 is 5.32 Å². The molecule has 0 aliphatic rings. The van der Waals surface area contributed by atoms with Crippen LogP contribution >= 0.6 is 11.3 Å². The fourth-order valence-electron chi connectivity index (χ4n) is 1.29. The molecule has 0 unspecified atom stereocenters. The molecule has 18 heavy (non-hydrogen) atoms. The predicted octanol–water partition coefficient (Wildman–Crippen LogP) is 2.58. The van der Waals surface area contributed by atoms with Crippen LogP contribution in [0, 0.1) is 11.6 Å². The molecule has 2 N–H and O–H groups in total. The summed E-state index contributed by atoms with van der Waals surface area (Å²) >= 11 is 1.19. The van der Waals surface area contributed by atoms with E-state index >= 15 is 0 Å².